The van der Waals surface area contributed by atoms with Crippen molar-refractivity contribution in [3.63, 3.8) is 0 Å². The van der Waals surface area contributed by atoms with E-state index in [-0.39, 0.29) is 5.91 Å². The van der Waals surface area contributed by atoms with E-state index in [9.17, 15) is 4.79 Å². The van der Waals surface area contributed by atoms with E-state index in [0.717, 1.165) is 35.7 Å². The summed E-state index contributed by atoms with van der Waals surface area (Å²) in [7, 11) is 0. The third-order valence-corrected chi connectivity index (χ3v) is 4.67. The molecule has 2 aromatic heterocycles. The molecule has 0 fully saturated rings. The van der Waals surface area contributed by atoms with Gasteiger partial charge in [0.15, 0.2) is 0 Å². The number of benzene rings is 1. The molecule has 4 rings (SSSR count). The van der Waals surface area contributed by atoms with E-state index in [1.807, 2.05) is 42.5 Å². The summed E-state index contributed by atoms with van der Waals surface area (Å²) in [5.74, 6) is 1.85. The highest BCUT2D eigenvalue weighted by molar-refractivity contribution is 5.93. The first-order valence-electron chi connectivity index (χ1n) is 9.02. The lowest BCUT2D eigenvalue weighted by atomic mass is 10.1. The van der Waals surface area contributed by atoms with Crippen molar-refractivity contribution in [1.82, 2.24) is 25.1 Å². The first-order valence-corrected chi connectivity index (χ1v) is 9.02. The van der Waals surface area contributed by atoms with Crippen LogP contribution in [0.2, 0.25) is 0 Å². The van der Waals surface area contributed by atoms with Gasteiger partial charge in [-0.2, -0.15) is 0 Å². The van der Waals surface area contributed by atoms with E-state index in [1.54, 1.807) is 6.20 Å². The molecule has 1 aliphatic heterocycles. The maximum Gasteiger partial charge on any atom is 0.269 e. The second kappa shape index (κ2) is 7.47. The predicted octanol–water partition coefficient (Wildman–Crippen LogP) is 2.65. The fourth-order valence-electron chi connectivity index (χ4n) is 3.30. The number of hydrogen-bond donors (Lipinski definition) is 1. The number of nitrogens with one attached hydrogen (secondary N) is 1. The van der Waals surface area contributed by atoms with Crippen LogP contribution in [0.4, 0.5) is 0 Å². The van der Waals surface area contributed by atoms with Gasteiger partial charge in [-0.25, -0.2) is 0 Å². The van der Waals surface area contributed by atoms with Crippen molar-refractivity contribution in [3.8, 4) is 11.1 Å². The minimum absolute atomic E-state index is 0.166. The van der Waals surface area contributed by atoms with E-state index < -0.39 is 0 Å². The summed E-state index contributed by atoms with van der Waals surface area (Å²) in [6, 6.07) is 13.7. The zero-order valence-corrected chi connectivity index (χ0v) is 14.6. The maximum absolute atomic E-state index is 12.4. The van der Waals surface area contributed by atoms with Gasteiger partial charge < -0.3 is 9.88 Å². The van der Waals surface area contributed by atoms with Gasteiger partial charge in [0.05, 0.1) is 0 Å². The van der Waals surface area contributed by atoms with Gasteiger partial charge in [0.25, 0.3) is 5.91 Å². The fourth-order valence-corrected chi connectivity index (χ4v) is 3.30. The van der Waals surface area contributed by atoms with Crippen LogP contribution in [0.1, 0.15) is 35.0 Å². The molecule has 0 aliphatic carbocycles. The summed E-state index contributed by atoms with van der Waals surface area (Å²) < 4.78 is 2.18. The molecule has 0 atom stereocenters. The highest BCUT2D eigenvalue weighted by atomic mass is 16.1. The Balaban J connectivity index is 1.39. The third kappa shape index (κ3) is 3.49. The number of pyridine rings is 1. The average molecular weight is 347 g/mol. The number of aromatic nitrogens is 4. The molecule has 1 aliphatic rings. The number of rotatable bonds is 5. The Labute approximate surface area is 152 Å². The van der Waals surface area contributed by atoms with Crippen molar-refractivity contribution in [2.24, 2.45) is 0 Å². The molecule has 0 spiro atoms. The lowest BCUT2D eigenvalue weighted by Crippen LogP contribution is -2.27. The minimum Gasteiger partial charge on any atom is -0.350 e. The molecule has 1 aromatic carbocycles. The van der Waals surface area contributed by atoms with E-state index >= 15 is 0 Å². The standard InChI is InChI=1S/C20H21N5O/c26-20(17-14-16(9-11-21-17)15-6-2-1-3-7-15)22-12-10-19-24-23-18-8-4-5-13-25(18)19/h1-3,6-7,9,11,14H,4-5,8,10,12-13H2,(H,22,26). The lowest BCUT2D eigenvalue weighted by molar-refractivity contribution is 0.0949. The zero-order valence-electron chi connectivity index (χ0n) is 14.6. The minimum atomic E-state index is -0.166. The second-order valence-corrected chi connectivity index (χ2v) is 6.44. The van der Waals surface area contributed by atoms with Crippen LogP contribution in [-0.2, 0) is 19.4 Å². The van der Waals surface area contributed by atoms with Crippen LogP contribution in [0.5, 0.6) is 0 Å². The predicted molar refractivity (Wildman–Crippen MR) is 98.7 cm³/mol. The summed E-state index contributed by atoms with van der Waals surface area (Å²) in [5.41, 5.74) is 2.48. The van der Waals surface area contributed by atoms with Gasteiger partial charge in [0.1, 0.15) is 17.3 Å². The van der Waals surface area contributed by atoms with E-state index in [1.165, 1.54) is 12.8 Å². The van der Waals surface area contributed by atoms with Crippen LogP contribution in [0.15, 0.2) is 48.7 Å². The van der Waals surface area contributed by atoms with Gasteiger partial charge in [-0.1, -0.05) is 30.3 Å². The Morgan fingerprint density at radius 1 is 1.08 bits per heavy atom. The van der Waals surface area contributed by atoms with Crippen LogP contribution in [-0.4, -0.2) is 32.2 Å². The van der Waals surface area contributed by atoms with Crippen molar-refractivity contribution in [2.75, 3.05) is 6.54 Å². The van der Waals surface area contributed by atoms with Gasteiger partial charge in [-0.05, 0) is 36.1 Å². The molecule has 6 nitrogen and oxygen atoms in total. The molecule has 0 saturated heterocycles. The number of nitrogens with zero attached hydrogens (tertiary/aromatic N) is 4. The van der Waals surface area contributed by atoms with Gasteiger partial charge in [-0.15, -0.1) is 10.2 Å². The SMILES string of the molecule is O=C(NCCc1nnc2n1CCCC2)c1cc(-c2ccccc2)ccn1. The van der Waals surface area contributed by atoms with E-state index in [4.69, 9.17) is 0 Å². The molecule has 0 unspecified atom stereocenters. The summed E-state index contributed by atoms with van der Waals surface area (Å²) in [6.07, 6.45) is 5.69. The molecule has 0 radical (unpaired) electrons. The van der Waals surface area contributed by atoms with Gasteiger partial charge in [0, 0.05) is 32.1 Å². The molecule has 6 heteroatoms. The van der Waals surface area contributed by atoms with Crippen LogP contribution in [0, 0.1) is 0 Å². The Bertz CT molecular complexity index is 904. The van der Waals surface area contributed by atoms with Crippen molar-refractivity contribution in [3.05, 3.63) is 66.0 Å². The topological polar surface area (TPSA) is 72.7 Å². The summed E-state index contributed by atoms with van der Waals surface area (Å²) >= 11 is 0. The number of carbonyl (C=O) groups excluding carboxylic acids is 1. The Hall–Kier alpha value is -3.02. The largest absolute Gasteiger partial charge is 0.350 e. The van der Waals surface area contributed by atoms with Crippen LogP contribution >= 0.6 is 0 Å². The molecule has 132 valence electrons. The van der Waals surface area contributed by atoms with Crippen molar-refractivity contribution < 1.29 is 4.79 Å². The van der Waals surface area contributed by atoms with E-state index in [0.29, 0.717) is 18.7 Å². The van der Waals surface area contributed by atoms with Crippen LogP contribution in [0.3, 0.4) is 0 Å². The lowest BCUT2D eigenvalue weighted by Gasteiger charge is -2.14. The van der Waals surface area contributed by atoms with Gasteiger partial charge in [0.2, 0.25) is 0 Å². The van der Waals surface area contributed by atoms with Crippen molar-refractivity contribution in [2.45, 2.75) is 32.2 Å². The van der Waals surface area contributed by atoms with Gasteiger partial charge in [-0.3, -0.25) is 9.78 Å². The van der Waals surface area contributed by atoms with Gasteiger partial charge >= 0.3 is 0 Å². The Morgan fingerprint density at radius 3 is 2.85 bits per heavy atom. The molecular weight excluding hydrogens is 326 g/mol. The molecule has 26 heavy (non-hydrogen) atoms. The fraction of sp³-hybridized carbons (Fsp3) is 0.300. The molecule has 0 saturated carbocycles. The van der Waals surface area contributed by atoms with Crippen LogP contribution in [0.25, 0.3) is 11.1 Å². The third-order valence-electron chi connectivity index (χ3n) is 4.67. The monoisotopic (exact) mass is 347 g/mol. The van der Waals surface area contributed by atoms with Crippen molar-refractivity contribution >= 4 is 5.91 Å². The Kier molecular flexibility index (Phi) is 4.73. The number of amides is 1. The first-order chi connectivity index (χ1) is 12.8. The normalized spacial score (nSPS) is 13.2. The average Bonchev–Trinajstić information content (AvgIpc) is 3.12. The quantitative estimate of drug-likeness (QED) is 0.770. The summed E-state index contributed by atoms with van der Waals surface area (Å²) in [6.45, 7) is 1.50. The Morgan fingerprint density at radius 2 is 1.96 bits per heavy atom. The molecule has 3 aromatic rings. The second-order valence-electron chi connectivity index (χ2n) is 6.44. The summed E-state index contributed by atoms with van der Waals surface area (Å²) in [4.78, 5) is 16.6. The highest BCUT2D eigenvalue weighted by Crippen LogP contribution is 2.19. The molecule has 3 heterocycles. The number of carbonyl (C=O) groups is 1. The molecule has 0 bridgehead atoms. The molecule has 1 N–H and O–H groups in total. The molecule has 1 amide bonds. The summed E-state index contributed by atoms with van der Waals surface area (Å²) in [5, 5.41) is 11.5. The zero-order chi connectivity index (χ0) is 17.8. The van der Waals surface area contributed by atoms with Crippen molar-refractivity contribution in [1.29, 1.82) is 0 Å². The number of aryl methyl sites for hydroxylation is 1. The molecular formula is C20H21N5O. The smallest absolute Gasteiger partial charge is 0.269 e. The highest BCUT2D eigenvalue weighted by Gasteiger charge is 2.16. The maximum atomic E-state index is 12.4. The first kappa shape index (κ1) is 16.4. The van der Waals surface area contributed by atoms with Crippen LogP contribution < -0.4 is 5.32 Å². The number of hydrogen-bond acceptors (Lipinski definition) is 4. The number of fused-ring (bicyclic) bond motifs is 1. The van der Waals surface area contributed by atoms with E-state index in [2.05, 4.69) is 25.1 Å².